The molecular formula is C11H16O4S2. The Balaban J connectivity index is 0.000000366. The van der Waals surface area contributed by atoms with Crippen molar-refractivity contribution in [3.05, 3.63) is 29.8 Å². The van der Waals surface area contributed by atoms with Gasteiger partial charge >= 0.3 is 5.97 Å². The third-order valence-electron chi connectivity index (χ3n) is 1.69. The lowest BCUT2D eigenvalue weighted by atomic mass is 10.2. The lowest BCUT2D eigenvalue weighted by Crippen LogP contribution is -1.98. The Hall–Kier alpha value is -1.01. The smallest absolute Gasteiger partial charge is 0.314 e. The summed E-state index contributed by atoms with van der Waals surface area (Å²) >= 11 is 1.06. The van der Waals surface area contributed by atoms with Crippen molar-refractivity contribution in [2.45, 2.75) is 18.7 Å². The standard InChI is InChI=1S/C8H10O2S.C3H6O2S/c1-7-5-3-4-6-8(7)11(2,9)10;1-3(4)5-6-2/h3-6H,1-2H3;1-2H3. The van der Waals surface area contributed by atoms with Gasteiger partial charge in [0.15, 0.2) is 9.84 Å². The molecule has 1 aromatic rings. The number of carbonyl (C=O) groups is 1. The fourth-order valence-corrected chi connectivity index (χ4v) is 2.30. The SMILES string of the molecule is CSOC(C)=O.Cc1ccccc1S(C)(=O)=O. The summed E-state index contributed by atoms with van der Waals surface area (Å²) in [5.41, 5.74) is 0.801. The third kappa shape index (κ3) is 7.01. The molecule has 0 unspecified atom stereocenters. The van der Waals surface area contributed by atoms with Gasteiger partial charge in [0.25, 0.3) is 0 Å². The summed E-state index contributed by atoms with van der Waals surface area (Å²) in [4.78, 5) is 10.2. The molecule has 0 N–H and O–H groups in total. The molecule has 0 aliphatic carbocycles. The van der Waals surface area contributed by atoms with Crippen molar-refractivity contribution in [2.75, 3.05) is 12.5 Å². The van der Waals surface area contributed by atoms with Crippen LogP contribution in [0.15, 0.2) is 29.2 Å². The minimum absolute atomic E-state index is 0.248. The van der Waals surface area contributed by atoms with E-state index in [9.17, 15) is 13.2 Å². The van der Waals surface area contributed by atoms with Gasteiger partial charge < -0.3 is 4.18 Å². The van der Waals surface area contributed by atoms with E-state index in [1.165, 1.54) is 13.2 Å². The van der Waals surface area contributed by atoms with Gasteiger partial charge in [-0.2, -0.15) is 0 Å². The van der Waals surface area contributed by atoms with Crippen LogP contribution in [0.5, 0.6) is 0 Å². The molecule has 17 heavy (non-hydrogen) atoms. The van der Waals surface area contributed by atoms with Gasteiger partial charge in [0.05, 0.1) is 16.9 Å². The zero-order valence-electron chi connectivity index (χ0n) is 10.3. The van der Waals surface area contributed by atoms with Gasteiger partial charge in [-0.25, -0.2) is 8.42 Å². The number of hydrogen-bond acceptors (Lipinski definition) is 5. The van der Waals surface area contributed by atoms with Crippen molar-refractivity contribution in [3.63, 3.8) is 0 Å². The second kappa shape index (κ2) is 7.34. The molecule has 0 fully saturated rings. The fraction of sp³-hybridized carbons (Fsp3) is 0.364. The first kappa shape index (κ1) is 16.0. The molecule has 0 aliphatic rings. The number of sulfone groups is 1. The Bertz CT molecular complexity index is 466. The zero-order valence-corrected chi connectivity index (χ0v) is 11.9. The van der Waals surface area contributed by atoms with Crippen LogP contribution in [0.1, 0.15) is 12.5 Å². The quantitative estimate of drug-likeness (QED) is 0.775. The second-order valence-electron chi connectivity index (χ2n) is 3.28. The highest BCUT2D eigenvalue weighted by Crippen LogP contribution is 2.12. The molecule has 4 nitrogen and oxygen atoms in total. The Morgan fingerprint density at radius 3 is 2.06 bits per heavy atom. The topological polar surface area (TPSA) is 60.4 Å². The zero-order chi connectivity index (χ0) is 13.5. The summed E-state index contributed by atoms with van der Waals surface area (Å²) in [5.74, 6) is -0.248. The van der Waals surface area contributed by atoms with E-state index in [0.29, 0.717) is 4.90 Å². The fourth-order valence-electron chi connectivity index (χ4n) is 1.09. The van der Waals surface area contributed by atoms with Crippen LogP contribution in [-0.2, 0) is 18.8 Å². The van der Waals surface area contributed by atoms with Crippen LogP contribution in [0.4, 0.5) is 0 Å². The molecule has 0 heterocycles. The van der Waals surface area contributed by atoms with Crippen LogP contribution in [0.3, 0.4) is 0 Å². The average molecular weight is 276 g/mol. The van der Waals surface area contributed by atoms with Crippen molar-refractivity contribution in [1.29, 1.82) is 0 Å². The van der Waals surface area contributed by atoms with Crippen molar-refractivity contribution < 1.29 is 17.4 Å². The summed E-state index contributed by atoms with van der Waals surface area (Å²) in [6, 6.07) is 6.95. The molecule has 6 heteroatoms. The lowest BCUT2D eigenvalue weighted by Gasteiger charge is -2.00. The first-order valence-corrected chi connectivity index (χ1v) is 7.80. The van der Waals surface area contributed by atoms with Crippen LogP contribution in [0.25, 0.3) is 0 Å². The van der Waals surface area contributed by atoms with Crippen LogP contribution in [0, 0.1) is 6.92 Å². The van der Waals surface area contributed by atoms with E-state index in [1.54, 1.807) is 31.4 Å². The van der Waals surface area contributed by atoms with Crippen LogP contribution >= 0.6 is 12.0 Å². The molecule has 0 spiro atoms. The molecular weight excluding hydrogens is 260 g/mol. The molecule has 0 radical (unpaired) electrons. The highest BCUT2D eigenvalue weighted by Gasteiger charge is 2.07. The molecule has 0 aliphatic heterocycles. The predicted molar refractivity (Wildman–Crippen MR) is 69.6 cm³/mol. The minimum atomic E-state index is -3.03. The van der Waals surface area contributed by atoms with Crippen molar-refractivity contribution in [2.24, 2.45) is 0 Å². The first-order chi connectivity index (χ1) is 7.79. The Labute approximate surface area is 106 Å². The van der Waals surface area contributed by atoms with E-state index in [0.717, 1.165) is 17.6 Å². The highest BCUT2D eigenvalue weighted by atomic mass is 32.2. The Kier molecular flexibility index (Phi) is 6.91. The monoisotopic (exact) mass is 276 g/mol. The van der Waals surface area contributed by atoms with Gasteiger partial charge in [0.2, 0.25) is 0 Å². The van der Waals surface area contributed by atoms with Gasteiger partial charge in [-0.15, -0.1) is 0 Å². The lowest BCUT2D eigenvalue weighted by molar-refractivity contribution is -0.130. The summed E-state index contributed by atoms with van der Waals surface area (Å²) in [6.07, 6.45) is 2.91. The maximum atomic E-state index is 11.1. The maximum absolute atomic E-state index is 11.1. The second-order valence-corrected chi connectivity index (χ2v) is 5.76. The average Bonchev–Trinajstić information content (AvgIpc) is 2.17. The van der Waals surface area contributed by atoms with Crippen LogP contribution in [-0.4, -0.2) is 26.9 Å². The Morgan fingerprint density at radius 1 is 1.29 bits per heavy atom. The molecule has 0 saturated heterocycles. The third-order valence-corrected chi connectivity index (χ3v) is 3.35. The van der Waals surface area contributed by atoms with Gasteiger partial charge in [-0.1, -0.05) is 18.2 Å². The Morgan fingerprint density at radius 2 is 1.82 bits per heavy atom. The normalized spacial score (nSPS) is 10.1. The number of hydrogen-bond donors (Lipinski definition) is 0. The van der Waals surface area contributed by atoms with E-state index < -0.39 is 9.84 Å². The summed E-state index contributed by atoms with van der Waals surface area (Å²) in [7, 11) is -3.03. The largest absolute Gasteiger partial charge is 0.392 e. The molecule has 0 atom stereocenters. The van der Waals surface area contributed by atoms with Crippen molar-refractivity contribution in [3.8, 4) is 0 Å². The molecule has 0 bridgehead atoms. The van der Waals surface area contributed by atoms with Gasteiger partial charge in [-0.3, -0.25) is 4.79 Å². The van der Waals surface area contributed by atoms with E-state index in [2.05, 4.69) is 4.18 Å². The number of rotatable bonds is 2. The summed E-state index contributed by atoms with van der Waals surface area (Å²) in [6.45, 7) is 3.16. The molecule has 0 amide bonds. The van der Waals surface area contributed by atoms with Crippen LogP contribution in [0.2, 0.25) is 0 Å². The first-order valence-electron chi connectivity index (χ1n) is 4.76. The van der Waals surface area contributed by atoms with Gasteiger partial charge in [0, 0.05) is 19.4 Å². The van der Waals surface area contributed by atoms with Crippen molar-refractivity contribution >= 4 is 27.8 Å². The summed E-state index contributed by atoms with van der Waals surface area (Å²) in [5, 5.41) is 0. The number of carbonyl (C=O) groups excluding carboxylic acids is 1. The molecule has 0 saturated carbocycles. The van der Waals surface area contributed by atoms with E-state index >= 15 is 0 Å². The molecule has 1 rings (SSSR count). The minimum Gasteiger partial charge on any atom is -0.392 e. The van der Waals surface area contributed by atoms with E-state index in [1.807, 2.05) is 6.07 Å². The summed E-state index contributed by atoms with van der Waals surface area (Å²) < 4.78 is 26.4. The molecule has 1 aromatic carbocycles. The number of aryl methyl sites for hydroxylation is 1. The van der Waals surface area contributed by atoms with Crippen molar-refractivity contribution in [1.82, 2.24) is 0 Å². The molecule has 96 valence electrons. The maximum Gasteiger partial charge on any atom is 0.314 e. The van der Waals surface area contributed by atoms with Crippen LogP contribution < -0.4 is 0 Å². The highest BCUT2D eigenvalue weighted by molar-refractivity contribution is 7.94. The molecule has 0 aromatic heterocycles. The van der Waals surface area contributed by atoms with E-state index in [-0.39, 0.29) is 5.97 Å². The van der Waals surface area contributed by atoms with Gasteiger partial charge in [-0.05, 0) is 18.6 Å². The van der Waals surface area contributed by atoms with E-state index in [4.69, 9.17) is 0 Å². The predicted octanol–water partition coefficient (Wildman–Crippen LogP) is 2.23. The number of benzene rings is 1. The van der Waals surface area contributed by atoms with Gasteiger partial charge in [0.1, 0.15) is 0 Å².